The number of aromatic nitrogens is 2. The van der Waals surface area contributed by atoms with Crippen LogP contribution in [-0.2, 0) is 6.54 Å². The molecule has 1 heterocycles. The smallest absolute Gasteiger partial charge is 0.0842 e. The highest BCUT2D eigenvalue weighted by Crippen LogP contribution is 2.30. The Labute approximate surface area is 91.1 Å². The zero-order chi connectivity index (χ0) is 10.9. The summed E-state index contributed by atoms with van der Waals surface area (Å²) in [5.41, 5.74) is 0.747. The Balaban J connectivity index is 2.04. The Morgan fingerprint density at radius 2 is 2.13 bits per heavy atom. The van der Waals surface area contributed by atoms with Gasteiger partial charge in [0.15, 0.2) is 0 Å². The lowest BCUT2D eigenvalue weighted by Crippen LogP contribution is -2.30. The van der Waals surface area contributed by atoms with Gasteiger partial charge in [-0.2, -0.15) is 5.10 Å². The minimum absolute atomic E-state index is 0.500. The van der Waals surface area contributed by atoms with Crippen molar-refractivity contribution in [3.8, 4) is 0 Å². The fourth-order valence-corrected chi connectivity index (χ4v) is 2.26. The predicted octanol–water partition coefficient (Wildman–Crippen LogP) is 2.31. The van der Waals surface area contributed by atoms with Crippen molar-refractivity contribution in [2.24, 2.45) is 0 Å². The van der Waals surface area contributed by atoms with Crippen LogP contribution in [-0.4, -0.2) is 20.5 Å². The molecule has 1 saturated carbocycles. The summed E-state index contributed by atoms with van der Waals surface area (Å²) >= 11 is 0. The molecule has 1 aliphatic rings. The third-order valence-electron chi connectivity index (χ3n) is 3.31. The lowest BCUT2D eigenvalue weighted by molar-refractivity contribution is 0.0265. The van der Waals surface area contributed by atoms with Gasteiger partial charge in [-0.3, -0.25) is 4.68 Å². The standard InChI is InChI=1S/C12H20N2O/c1-10(2)11-7-13-14(8-11)9-12(15)5-3-4-6-12/h7-8,10,15H,3-6,9H2,1-2H3. The summed E-state index contributed by atoms with van der Waals surface area (Å²) in [6.07, 6.45) is 8.10. The Kier molecular flexibility index (Phi) is 2.83. The summed E-state index contributed by atoms with van der Waals surface area (Å²) in [4.78, 5) is 0. The van der Waals surface area contributed by atoms with E-state index in [-0.39, 0.29) is 0 Å². The quantitative estimate of drug-likeness (QED) is 0.827. The molecular weight excluding hydrogens is 188 g/mol. The van der Waals surface area contributed by atoms with Crippen LogP contribution in [0.25, 0.3) is 0 Å². The van der Waals surface area contributed by atoms with Gasteiger partial charge in [-0.1, -0.05) is 26.7 Å². The zero-order valence-electron chi connectivity index (χ0n) is 9.61. The molecule has 15 heavy (non-hydrogen) atoms. The lowest BCUT2D eigenvalue weighted by Gasteiger charge is -2.21. The average Bonchev–Trinajstić information content (AvgIpc) is 2.75. The van der Waals surface area contributed by atoms with E-state index >= 15 is 0 Å². The second-order valence-electron chi connectivity index (χ2n) is 5.06. The van der Waals surface area contributed by atoms with E-state index in [1.54, 1.807) is 0 Å². The van der Waals surface area contributed by atoms with Gasteiger partial charge >= 0.3 is 0 Å². The van der Waals surface area contributed by atoms with Crippen LogP contribution >= 0.6 is 0 Å². The molecule has 84 valence electrons. The summed E-state index contributed by atoms with van der Waals surface area (Å²) < 4.78 is 1.89. The van der Waals surface area contributed by atoms with E-state index in [1.165, 1.54) is 5.56 Å². The van der Waals surface area contributed by atoms with Gasteiger partial charge in [0.05, 0.1) is 18.3 Å². The van der Waals surface area contributed by atoms with E-state index in [9.17, 15) is 5.11 Å². The molecular formula is C12H20N2O. The van der Waals surface area contributed by atoms with Gasteiger partial charge in [0.25, 0.3) is 0 Å². The fourth-order valence-electron chi connectivity index (χ4n) is 2.26. The van der Waals surface area contributed by atoms with Crippen LogP contribution in [0.4, 0.5) is 0 Å². The first kappa shape index (κ1) is 10.7. The van der Waals surface area contributed by atoms with Crippen molar-refractivity contribution >= 4 is 0 Å². The minimum atomic E-state index is -0.500. The molecule has 0 saturated heterocycles. The molecule has 0 atom stereocenters. The van der Waals surface area contributed by atoms with Crippen LogP contribution in [0.15, 0.2) is 12.4 Å². The van der Waals surface area contributed by atoms with E-state index < -0.39 is 5.60 Å². The molecule has 1 N–H and O–H groups in total. The third-order valence-corrected chi connectivity index (χ3v) is 3.31. The van der Waals surface area contributed by atoms with Crippen LogP contribution < -0.4 is 0 Å². The highest BCUT2D eigenvalue weighted by atomic mass is 16.3. The molecule has 0 aromatic carbocycles. The van der Waals surface area contributed by atoms with Gasteiger partial charge in [0.1, 0.15) is 0 Å². The number of hydrogen-bond donors (Lipinski definition) is 1. The van der Waals surface area contributed by atoms with E-state index in [0.29, 0.717) is 12.5 Å². The van der Waals surface area contributed by atoms with Crippen LogP contribution in [0.3, 0.4) is 0 Å². The van der Waals surface area contributed by atoms with Gasteiger partial charge in [0.2, 0.25) is 0 Å². The topological polar surface area (TPSA) is 38.0 Å². The van der Waals surface area contributed by atoms with Crippen molar-refractivity contribution in [1.29, 1.82) is 0 Å². The maximum atomic E-state index is 10.2. The average molecular weight is 208 g/mol. The SMILES string of the molecule is CC(C)c1cnn(CC2(O)CCCC2)c1. The van der Waals surface area contributed by atoms with Crippen molar-refractivity contribution in [3.63, 3.8) is 0 Å². The van der Waals surface area contributed by atoms with Crippen molar-refractivity contribution < 1.29 is 5.11 Å². The Bertz CT molecular complexity index is 324. The first-order valence-electron chi connectivity index (χ1n) is 5.84. The number of hydrogen-bond acceptors (Lipinski definition) is 2. The summed E-state index contributed by atoms with van der Waals surface area (Å²) in [6.45, 7) is 4.97. The van der Waals surface area contributed by atoms with E-state index in [4.69, 9.17) is 0 Å². The predicted molar refractivity (Wildman–Crippen MR) is 59.7 cm³/mol. The largest absolute Gasteiger partial charge is 0.388 e. The molecule has 1 fully saturated rings. The van der Waals surface area contributed by atoms with Crippen molar-refractivity contribution in [2.75, 3.05) is 0 Å². The van der Waals surface area contributed by atoms with E-state index in [0.717, 1.165) is 25.7 Å². The molecule has 3 nitrogen and oxygen atoms in total. The van der Waals surface area contributed by atoms with Gasteiger partial charge in [-0.15, -0.1) is 0 Å². The third kappa shape index (κ3) is 2.40. The number of aliphatic hydroxyl groups is 1. The van der Waals surface area contributed by atoms with Gasteiger partial charge < -0.3 is 5.11 Å². The summed E-state index contributed by atoms with van der Waals surface area (Å²) in [6, 6.07) is 0. The van der Waals surface area contributed by atoms with Crippen molar-refractivity contribution in [2.45, 2.75) is 57.6 Å². The van der Waals surface area contributed by atoms with Crippen molar-refractivity contribution in [3.05, 3.63) is 18.0 Å². The minimum Gasteiger partial charge on any atom is -0.388 e. The van der Waals surface area contributed by atoms with Crippen LogP contribution in [0.1, 0.15) is 51.0 Å². The molecule has 1 aliphatic carbocycles. The Morgan fingerprint density at radius 3 is 2.67 bits per heavy atom. The molecule has 2 rings (SSSR count). The Morgan fingerprint density at radius 1 is 1.47 bits per heavy atom. The maximum absolute atomic E-state index is 10.2. The highest BCUT2D eigenvalue weighted by Gasteiger charge is 2.31. The molecule has 0 spiro atoms. The summed E-state index contributed by atoms with van der Waals surface area (Å²) in [5, 5.41) is 14.5. The van der Waals surface area contributed by atoms with E-state index in [2.05, 4.69) is 25.1 Å². The van der Waals surface area contributed by atoms with Gasteiger partial charge in [-0.05, 0) is 24.3 Å². The first-order valence-corrected chi connectivity index (χ1v) is 5.84. The fraction of sp³-hybridized carbons (Fsp3) is 0.750. The maximum Gasteiger partial charge on any atom is 0.0842 e. The molecule has 1 aromatic heterocycles. The summed E-state index contributed by atoms with van der Waals surface area (Å²) in [7, 11) is 0. The van der Waals surface area contributed by atoms with Crippen LogP contribution in [0.2, 0.25) is 0 Å². The van der Waals surface area contributed by atoms with Crippen molar-refractivity contribution in [1.82, 2.24) is 9.78 Å². The Hall–Kier alpha value is -0.830. The number of nitrogens with zero attached hydrogens (tertiary/aromatic N) is 2. The molecule has 0 aliphatic heterocycles. The van der Waals surface area contributed by atoms with Gasteiger partial charge in [0, 0.05) is 6.20 Å². The highest BCUT2D eigenvalue weighted by molar-refractivity contribution is 5.09. The molecule has 0 radical (unpaired) electrons. The monoisotopic (exact) mass is 208 g/mol. The molecule has 0 amide bonds. The second kappa shape index (κ2) is 3.97. The first-order chi connectivity index (χ1) is 7.09. The second-order valence-corrected chi connectivity index (χ2v) is 5.06. The van der Waals surface area contributed by atoms with E-state index in [1.807, 2.05) is 10.9 Å². The van der Waals surface area contributed by atoms with Crippen LogP contribution in [0, 0.1) is 0 Å². The molecule has 0 bridgehead atoms. The lowest BCUT2D eigenvalue weighted by atomic mass is 10.0. The zero-order valence-corrected chi connectivity index (χ0v) is 9.61. The molecule has 3 heteroatoms. The molecule has 1 aromatic rings. The normalized spacial score (nSPS) is 20.0. The summed E-state index contributed by atoms with van der Waals surface area (Å²) in [5.74, 6) is 0.511. The van der Waals surface area contributed by atoms with Crippen LogP contribution in [0.5, 0.6) is 0 Å². The molecule has 0 unspecified atom stereocenters. The van der Waals surface area contributed by atoms with Gasteiger partial charge in [-0.25, -0.2) is 0 Å². The number of rotatable bonds is 3.